The van der Waals surface area contributed by atoms with Crippen LogP contribution in [0.5, 0.6) is 0 Å². The van der Waals surface area contributed by atoms with Crippen LogP contribution in [0.1, 0.15) is 88.1 Å². The van der Waals surface area contributed by atoms with Crippen molar-refractivity contribution in [1.29, 1.82) is 5.41 Å². The zero-order chi connectivity index (χ0) is 84.3. The summed E-state index contributed by atoms with van der Waals surface area (Å²) >= 11 is 0. The lowest BCUT2D eigenvalue weighted by atomic mass is 10.0. The van der Waals surface area contributed by atoms with Crippen LogP contribution in [0.25, 0.3) is 10.9 Å². The zero-order valence-electron chi connectivity index (χ0n) is 63.3. The minimum absolute atomic E-state index is 0.0998. The summed E-state index contributed by atoms with van der Waals surface area (Å²) < 4.78 is 0. The molecule has 624 valence electrons. The molecule has 5 aromatic rings. The van der Waals surface area contributed by atoms with Crippen LogP contribution in [0.4, 0.5) is 0 Å². The van der Waals surface area contributed by atoms with Gasteiger partial charge in [-0.25, -0.2) is 69.7 Å². The second kappa shape index (κ2) is 47.5. The summed E-state index contributed by atoms with van der Waals surface area (Å²) in [6, 6.07) is 1.98. The Kier molecular flexibility index (Phi) is 38.2. The van der Waals surface area contributed by atoms with Gasteiger partial charge >= 0.3 is 5.97 Å². The van der Waals surface area contributed by atoms with Gasteiger partial charge in [0.25, 0.3) is 0 Å². The molecular formula is C74H102N20O19S2. The van der Waals surface area contributed by atoms with E-state index in [2.05, 4.69) is 79.9 Å². The highest BCUT2D eigenvalue weighted by Crippen LogP contribution is 2.27. The molecular weight excluding hydrogens is 1540 g/mol. The lowest BCUT2D eigenvalue weighted by molar-refractivity contribution is -0.137. The van der Waals surface area contributed by atoms with Gasteiger partial charge in [-0.2, -0.15) is 0 Å². The molecule has 2 aromatic heterocycles. The number of nitrogens with one attached hydrogen (secondary N) is 2. The number of fused-ring (bicyclic) bond motifs is 1. The molecule has 115 heavy (non-hydrogen) atoms. The monoisotopic (exact) mass is 1640 g/mol. The Balaban J connectivity index is 1.66. The van der Waals surface area contributed by atoms with Crippen molar-refractivity contribution in [3.05, 3.63) is 132 Å². The largest absolute Gasteiger partial charge is 0.497 e. The van der Waals surface area contributed by atoms with Crippen LogP contribution in [-0.4, -0.2) is 324 Å². The van der Waals surface area contributed by atoms with Crippen molar-refractivity contribution in [2.45, 2.75) is 182 Å². The molecule has 1 aliphatic heterocycles. The summed E-state index contributed by atoms with van der Waals surface area (Å²) in [5, 5.41) is 216. The maximum atomic E-state index is 12.8. The van der Waals surface area contributed by atoms with E-state index >= 15 is 0 Å². The lowest BCUT2D eigenvalue weighted by Crippen LogP contribution is -2.38. The Morgan fingerprint density at radius 2 is 0.974 bits per heavy atom. The van der Waals surface area contributed by atoms with E-state index in [0.717, 1.165) is 35.4 Å². The van der Waals surface area contributed by atoms with Crippen LogP contribution < -0.4 is 17.2 Å². The quantitative estimate of drug-likeness (QED) is 0.0134. The first-order valence-electron chi connectivity index (χ1n) is 36.6. The van der Waals surface area contributed by atoms with Gasteiger partial charge in [0.1, 0.15) is 54.9 Å². The summed E-state index contributed by atoms with van der Waals surface area (Å²) in [4.78, 5) is 79.1. The van der Waals surface area contributed by atoms with E-state index in [1.54, 1.807) is 91.1 Å². The average molecular weight is 1640 g/mol. The SMILES string of the molecule is CC(N)C(O)=NCC(O)=NC1CSSCC(C(=O)O)N=C(O)C(CO)N=C(O)C(C(C)O)N=C(O)C(Cc2cnccn2)N=C(O)C(C(C)O)N=C(O)C(CCCCN)N=C(O)C(Cc2c[nH]c3ccccc23)N=C(O)C(Cc2ccccc2)N=C(O)C(Cc2ccccc2)N=C(O)C(CC(=N)O)N=C(O)C(CCCCN)N=C1O. The molecule has 3 aromatic carbocycles. The molecule has 6 rings (SSSR count). The highest BCUT2D eigenvalue weighted by molar-refractivity contribution is 8.76. The summed E-state index contributed by atoms with van der Waals surface area (Å²) in [5.74, 6) is -15.9. The molecule has 0 aliphatic carbocycles. The van der Waals surface area contributed by atoms with Crippen molar-refractivity contribution in [2.75, 3.05) is 37.7 Å². The number of carboxylic acids is 1. The number of rotatable bonds is 26. The van der Waals surface area contributed by atoms with Crippen molar-refractivity contribution in [3.8, 4) is 0 Å². The van der Waals surface area contributed by atoms with Gasteiger partial charge in [-0.15, -0.1) is 0 Å². The van der Waals surface area contributed by atoms with Crippen LogP contribution >= 0.6 is 21.6 Å². The van der Waals surface area contributed by atoms with E-state index in [-0.39, 0.29) is 63.7 Å². The average Bonchev–Trinajstić information content (AvgIpc) is 1.71. The molecule has 0 bridgehead atoms. The zero-order valence-corrected chi connectivity index (χ0v) is 64.9. The minimum atomic E-state index is -2.00. The van der Waals surface area contributed by atoms with E-state index in [1.807, 2.05) is 0 Å². The van der Waals surface area contributed by atoms with Gasteiger partial charge in [0.15, 0.2) is 36.0 Å². The maximum Gasteiger partial charge on any atom is 0.329 e. The van der Waals surface area contributed by atoms with Gasteiger partial charge in [-0.1, -0.05) is 100 Å². The normalized spacial score (nSPS) is 24.2. The van der Waals surface area contributed by atoms with Crippen molar-refractivity contribution in [3.63, 3.8) is 0 Å². The molecule has 0 spiro atoms. The fourth-order valence-corrected chi connectivity index (χ4v) is 13.3. The number of aromatic amines is 1. The summed E-state index contributed by atoms with van der Waals surface area (Å²) in [6.07, 6.45) is 0.667. The number of benzene rings is 3. The van der Waals surface area contributed by atoms with E-state index < -0.39 is 217 Å². The number of aromatic nitrogens is 3. The van der Waals surface area contributed by atoms with Crippen LogP contribution in [0.15, 0.2) is 175 Å². The number of aliphatic imine (C=N–C) groups is 13. The maximum absolute atomic E-state index is 12.8. The number of nitrogens with zero attached hydrogens (tertiary/aromatic N) is 15. The van der Waals surface area contributed by atoms with Gasteiger partial charge in [-0.3, -0.25) is 15.4 Å². The first-order chi connectivity index (χ1) is 54.9. The van der Waals surface area contributed by atoms with Crippen LogP contribution in [0, 0.1) is 5.41 Å². The minimum Gasteiger partial charge on any atom is -0.497 e. The molecule has 15 atom stereocenters. The Morgan fingerprint density at radius 1 is 0.530 bits per heavy atom. The first-order valence-corrected chi connectivity index (χ1v) is 39.0. The van der Waals surface area contributed by atoms with Crippen molar-refractivity contribution >= 4 is 121 Å². The van der Waals surface area contributed by atoms with E-state index in [4.69, 9.17) is 22.6 Å². The molecule has 39 nitrogen and oxygen atoms in total. The number of aliphatic carboxylic acids is 1. The molecule has 15 unspecified atom stereocenters. The van der Waals surface area contributed by atoms with Gasteiger partial charge in [0.05, 0.1) is 37.0 Å². The smallest absolute Gasteiger partial charge is 0.329 e. The second-order valence-corrected chi connectivity index (χ2v) is 29.1. The summed E-state index contributed by atoms with van der Waals surface area (Å²) in [6.45, 7) is 2.06. The lowest BCUT2D eigenvalue weighted by Gasteiger charge is -2.21. The number of H-pyrrole nitrogens is 1. The predicted molar refractivity (Wildman–Crippen MR) is 447 cm³/mol. The van der Waals surface area contributed by atoms with E-state index in [9.17, 15) is 96.7 Å². The highest BCUT2D eigenvalue weighted by Gasteiger charge is 2.34. The standard InChI is InChI=1S/C74H102N20O19S2/c1-39(77)62(100)82-35-59(99)83-56-37-114-115-38-57(74(112)113)92-70(108)55(36-95)91-73(111)61(41(3)97)94-69(107)53(31-45-34-79-26-27-80-45)90-72(110)60(40(2)96)93-64(102)49(23-13-15-25-76)84-67(105)52(30-44-33-81-47-21-11-10-20-46(44)47)88-66(104)51(29-43-18-8-5-9-19-43)86-65(103)50(28-42-16-6-4-7-17-42)87-68(106)54(32-58(78)98)89-63(101)48(85-71(56)109)22-12-14-24-75/h4-11,16-21,26-27,33-34,39-41,48-57,60-61,81,95-97H,12-15,22-25,28-32,35-38,75-77H2,1-3H3,(H2,78,98)(H,82,100)(H,83,99)(H,84,105)(H,85,109)(H,86,103)(H,87,106)(H,88,104)(H,89,101)(H,90,110)(H,91,111)(H,92,108)(H,93,102)(H,94,107)(H,112,113). The van der Waals surface area contributed by atoms with Crippen LogP contribution in [0.3, 0.4) is 0 Å². The molecule has 0 saturated carbocycles. The van der Waals surface area contributed by atoms with Crippen molar-refractivity contribution in [1.82, 2.24) is 15.0 Å². The molecule has 26 N–H and O–H groups in total. The first kappa shape index (κ1) is 92.7. The second-order valence-electron chi connectivity index (χ2n) is 26.6. The predicted octanol–water partition coefficient (Wildman–Crippen LogP) is 5.85. The number of aliphatic hydroxyl groups is 17. The van der Waals surface area contributed by atoms with Gasteiger partial charge in [0.2, 0.25) is 70.8 Å². The number of carbonyl (C=O) groups is 1. The fourth-order valence-electron chi connectivity index (χ4n) is 11.1. The van der Waals surface area contributed by atoms with Crippen LogP contribution in [0.2, 0.25) is 0 Å². The number of nitrogens with two attached hydrogens (primary N) is 3. The van der Waals surface area contributed by atoms with E-state index in [0.29, 0.717) is 40.4 Å². The number of carboxylic acid groups (broad SMARTS) is 1. The fraction of sp³-hybridized carbons (Fsp3) is 0.473. The number of aliphatic hydroxyl groups excluding tert-OH is 17. The molecule has 41 heteroatoms. The third-order valence-electron chi connectivity index (χ3n) is 17.2. The van der Waals surface area contributed by atoms with Crippen molar-refractivity contribution in [2.24, 2.45) is 82.1 Å². The highest BCUT2D eigenvalue weighted by atomic mass is 33.1. The molecule has 0 radical (unpaired) electrons. The number of hydrogen-bond acceptors (Lipinski definition) is 25. The summed E-state index contributed by atoms with van der Waals surface area (Å²) in [5.41, 5.74) is 19.8. The molecule has 3 heterocycles. The van der Waals surface area contributed by atoms with Gasteiger partial charge in [-0.05, 0) is 95.1 Å². The van der Waals surface area contributed by atoms with E-state index in [1.165, 1.54) is 25.5 Å². The Hall–Kier alpha value is -11.2. The number of unbranched alkanes of at least 4 members (excludes halogenated alkanes) is 2. The third kappa shape index (κ3) is 30.6. The molecule has 1 aliphatic rings. The number of para-hydroxylation sites is 1. The van der Waals surface area contributed by atoms with Gasteiger partial charge < -0.3 is 114 Å². The van der Waals surface area contributed by atoms with Crippen LogP contribution in [-0.2, 0) is 30.5 Å². The molecule has 0 saturated heterocycles. The van der Waals surface area contributed by atoms with Gasteiger partial charge in [0, 0.05) is 72.9 Å². The summed E-state index contributed by atoms with van der Waals surface area (Å²) in [7, 11) is 1.55. The Bertz CT molecular complexity index is 4350. The number of hydrogen-bond donors (Lipinski definition) is 23. The third-order valence-corrected chi connectivity index (χ3v) is 19.6. The topological polar surface area (TPSA) is 685 Å². The Morgan fingerprint density at radius 3 is 1.48 bits per heavy atom. The Labute approximate surface area is 669 Å². The molecule has 0 fully saturated rings. The van der Waals surface area contributed by atoms with Crippen molar-refractivity contribution < 1.29 is 96.7 Å². The molecule has 0 amide bonds.